The highest BCUT2D eigenvalue weighted by Gasteiger charge is 2.41. The summed E-state index contributed by atoms with van der Waals surface area (Å²) in [7, 11) is 5.87. The van der Waals surface area contributed by atoms with Gasteiger partial charge in [0, 0.05) is 29.8 Å². The molecule has 4 rings (SSSR count). The summed E-state index contributed by atoms with van der Waals surface area (Å²) in [4.78, 5) is 25.3. The molecule has 1 fully saturated rings. The first-order chi connectivity index (χ1) is 15.8. The summed E-state index contributed by atoms with van der Waals surface area (Å²) in [5.41, 5.74) is 6.99. The first-order valence-electron chi connectivity index (χ1n) is 10.9. The fourth-order valence-corrected chi connectivity index (χ4v) is 5.29. The number of hydrogen-bond acceptors (Lipinski definition) is 7. The van der Waals surface area contributed by atoms with Crippen LogP contribution in [0.15, 0.2) is 36.1 Å². The second-order valence-corrected chi connectivity index (χ2v) is 9.66. The summed E-state index contributed by atoms with van der Waals surface area (Å²) in [6.45, 7) is 0. The van der Waals surface area contributed by atoms with Gasteiger partial charge in [-0.25, -0.2) is 4.98 Å². The zero-order valence-corrected chi connectivity index (χ0v) is 19.8. The Morgan fingerprint density at radius 3 is 2.73 bits per heavy atom. The Bertz CT molecular complexity index is 1140. The van der Waals surface area contributed by atoms with Crippen LogP contribution >= 0.6 is 11.3 Å². The van der Waals surface area contributed by atoms with Crippen molar-refractivity contribution in [2.45, 2.75) is 37.8 Å². The van der Waals surface area contributed by atoms with Gasteiger partial charge >= 0.3 is 0 Å². The molecule has 0 bridgehead atoms. The lowest BCUT2D eigenvalue weighted by Crippen LogP contribution is -2.60. The zero-order chi connectivity index (χ0) is 23.6. The summed E-state index contributed by atoms with van der Waals surface area (Å²) < 4.78 is 15.6. The number of thiazole rings is 1. The molecule has 4 N–H and O–H groups in total. The molecule has 2 atom stereocenters. The molecule has 174 valence electrons. The van der Waals surface area contributed by atoms with E-state index in [9.17, 15) is 4.79 Å². The Hall–Kier alpha value is -2.95. The van der Waals surface area contributed by atoms with Crippen LogP contribution in [0.1, 0.15) is 36.0 Å². The average Bonchev–Trinajstić information content (AvgIpc) is 3.35. The average molecular weight is 471 g/mol. The Balaban J connectivity index is 1.73. The highest BCUT2D eigenvalue weighted by Crippen LogP contribution is 2.34. The maximum atomic E-state index is 15.3. The number of nitrogens with one attached hydrogen (secondary N) is 2. The van der Waals surface area contributed by atoms with Crippen LogP contribution in [0.3, 0.4) is 0 Å². The normalized spacial score (nSPS) is 18.8. The number of hydrogen-bond donors (Lipinski definition) is 3. The fourth-order valence-electron chi connectivity index (χ4n) is 4.67. The van der Waals surface area contributed by atoms with E-state index < -0.39 is 11.7 Å². The number of likely N-dealkylation sites (N-methyl/N-ethyl adjacent to an activating group) is 2. The van der Waals surface area contributed by atoms with E-state index >= 15 is 4.39 Å². The largest absolute Gasteiger partial charge is 0.365 e. The van der Waals surface area contributed by atoms with Crippen LogP contribution in [0.5, 0.6) is 0 Å². The number of amides is 1. The van der Waals surface area contributed by atoms with Crippen LogP contribution in [0.4, 0.5) is 21.7 Å². The molecule has 1 aliphatic carbocycles. The standard InChI is InChI=1S/C23H28FN7OS/c1-26-18-6-4-5-7-19(18)31(2,3)22-17(24)11-16(20(25)32)21(30-22)29-15-10-14(12-27-13-15)23-28-8-9-33-23/h8-13,18-19,26H,4-7H2,1-3H3,(H2-,25,29,30,32)/p+1. The van der Waals surface area contributed by atoms with Crippen molar-refractivity contribution in [3.63, 3.8) is 0 Å². The van der Waals surface area contributed by atoms with Gasteiger partial charge < -0.3 is 16.4 Å². The Morgan fingerprint density at radius 2 is 2.03 bits per heavy atom. The van der Waals surface area contributed by atoms with Crippen molar-refractivity contribution in [1.82, 2.24) is 24.8 Å². The van der Waals surface area contributed by atoms with Crippen molar-refractivity contribution in [3.05, 3.63) is 47.5 Å². The first-order valence-corrected chi connectivity index (χ1v) is 11.8. The van der Waals surface area contributed by atoms with Crippen molar-refractivity contribution < 1.29 is 9.18 Å². The number of halogens is 1. The molecule has 3 aromatic heterocycles. The quantitative estimate of drug-likeness (QED) is 0.455. The lowest BCUT2D eigenvalue weighted by atomic mass is 9.88. The minimum Gasteiger partial charge on any atom is -0.365 e. The van der Waals surface area contributed by atoms with Gasteiger partial charge in [0.05, 0.1) is 37.6 Å². The van der Waals surface area contributed by atoms with Crippen LogP contribution in [-0.2, 0) is 0 Å². The predicted molar refractivity (Wildman–Crippen MR) is 130 cm³/mol. The minimum absolute atomic E-state index is 0.00953. The van der Waals surface area contributed by atoms with E-state index in [1.165, 1.54) is 17.4 Å². The molecule has 0 aliphatic heterocycles. The second-order valence-electron chi connectivity index (χ2n) is 8.77. The van der Waals surface area contributed by atoms with Gasteiger partial charge in [0.15, 0.2) is 0 Å². The van der Waals surface area contributed by atoms with E-state index in [0.717, 1.165) is 36.3 Å². The third-order valence-electron chi connectivity index (χ3n) is 6.38. The number of pyridine rings is 2. The lowest BCUT2D eigenvalue weighted by Gasteiger charge is -2.43. The number of anilines is 2. The Morgan fingerprint density at radius 1 is 1.24 bits per heavy atom. The second kappa shape index (κ2) is 9.50. The Labute approximate surface area is 196 Å². The van der Waals surface area contributed by atoms with E-state index in [-0.39, 0.29) is 33.8 Å². The van der Waals surface area contributed by atoms with Crippen molar-refractivity contribution in [1.29, 1.82) is 0 Å². The predicted octanol–water partition coefficient (Wildman–Crippen LogP) is 3.68. The SMILES string of the molecule is CNC1CCCCC1[N+](C)(C)c1nc(Nc2cncc(-c3nccs3)c2)c(C(N)=O)cc1F. The summed E-state index contributed by atoms with van der Waals surface area (Å²) in [6.07, 6.45) is 9.28. The maximum Gasteiger partial charge on any atom is 0.265 e. The highest BCUT2D eigenvalue weighted by atomic mass is 32.1. The number of carbonyl (C=O) groups is 1. The molecule has 0 saturated heterocycles. The summed E-state index contributed by atoms with van der Waals surface area (Å²) >= 11 is 1.50. The van der Waals surface area contributed by atoms with Gasteiger partial charge in [0.2, 0.25) is 5.82 Å². The van der Waals surface area contributed by atoms with Gasteiger partial charge in [0.1, 0.15) is 16.9 Å². The molecule has 8 nitrogen and oxygen atoms in total. The molecule has 2 unspecified atom stereocenters. The van der Waals surface area contributed by atoms with Crippen molar-refractivity contribution in [3.8, 4) is 10.6 Å². The number of nitrogens with zero attached hydrogens (tertiary/aromatic N) is 4. The summed E-state index contributed by atoms with van der Waals surface area (Å²) in [5.74, 6) is -0.830. The fraction of sp³-hybridized carbons (Fsp3) is 0.391. The van der Waals surface area contributed by atoms with E-state index in [1.54, 1.807) is 18.6 Å². The third kappa shape index (κ3) is 4.73. The van der Waals surface area contributed by atoms with E-state index in [2.05, 4.69) is 25.6 Å². The number of primary amides is 1. The molecule has 0 spiro atoms. The molecular weight excluding hydrogens is 441 g/mol. The minimum atomic E-state index is -0.754. The van der Waals surface area contributed by atoms with E-state index in [1.807, 2.05) is 32.6 Å². The zero-order valence-electron chi connectivity index (χ0n) is 19.0. The molecule has 1 amide bonds. The molecular formula is C23H29FN7OS+. The first kappa shape index (κ1) is 23.2. The number of rotatable bonds is 7. The van der Waals surface area contributed by atoms with Crippen molar-refractivity contribution in [2.24, 2.45) is 5.73 Å². The lowest BCUT2D eigenvalue weighted by molar-refractivity contribution is 0.1000. The van der Waals surface area contributed by atoms with Gasteiger partial charge in [-0.3, -0.25) is 14.3 Å². The number of nitrogens with two attached hydrogens (primary N) is 1. The smallest absolute Gasteiger partial charge is 0.265 e. The van der Waals surface area contributed by atoms with Crippen LogP contribution in [0, 0.1) is 5.82 Å². The van der Waals surface area contributed by atoms with Crippen LogP contribution in [0.25, 0.3) is 10.6 Å². The molecule has 10 heteroatoms. The van der Waals surface area contributed by atoms with Gasteiger partial charge in [-0.05, 0) is 32.0 Å². The highest BCUT2D eigenvalue weighted by molar-refractivity contribution is 7.13. The van der Waals surface area contributed by atoms with Gasteiger partial charge in [-0.1, -0.05) is 6.42 Å². The van der Waals surface area contributed by atoms with Crippen LogP contribution in [-0.4, -0.2) is 54.1 Å². The van der Waals surface area contributed by atoms with Crippen LogP contribution < -0.4 is 20.9 Å². The van der Waals surface area contributed by atoms with Crippen molar-refractivity contribution in [2.75, 3.05) is 26.5 Å². The molecule has 1 aliphatic rings. The van der Waals surface area contributed by atoms with Crippen molar-refractivity contribution >= 4 is 34.6 Å². The molecule has 3 heterocycles. The molecule has 33 heavy (non-hydrogen) atoms. The number of quaternary nitrogens is 1. The summed E-state index contributed by atoms with van der Waals surface area (Å²) in [5, 5.41) is 9.23. The van der Waals surface area contributed by atoms with E-state index in [0.29, 0.717) is 5.69 Å². The van der Waals surface area contributed by atoms with Crippen LogP contribution in [0.2, 0.25) is 0 Å². The molecule has 1 saturated carbocycles. The summed E-state index contributed by atoms with van der Waals surface area (Å²) in [6, 6.07) is 3.44. The Kier molecular flexibility index (Phi) is 6.68. The molecule has 0 aromatic carbocycles. The molecule has 0 radical (unpaired) electrons. The topological polar surface area (TPSA) is 106 Å². The number of aromatic nitrogens is 3. The third-order valence-corrected chi connectivity index (χ3v) is 7.20. The maximum absolute atomic E-state index is 15.3. The molecule has 3 aromatic rings. The number of carbonyl (C=O) groups excluding carboxylic acids is 1. The monoisotopic (exact) mass is 470 g/mol. The van der Waals surface area contributed by atoms with Gasteiger partial charge in [-0.15, -0.1) is 11.3 Å². The van der Waals surface area contributed by atoms with Gasteiger partial charge in [-0.2, -0.15) is 9.37 Å². The van der Waals surface area contributed by atoms with E-state index in [4.69, 9.17) is 5.73 Å². The van der Waals surface area contributed by atoms with Gasteiger partial charge in [0.25, 0.3) is 11.7 Å².